The Balaban J connectivity index is 1.76. The Morgan fingerprint density at radius 2 is 2.03 bits per heavy atom. The van der Waals surface area contributed by atoms with Crippen LogP contribution in [-0.4, -0.2) is 31.2 Å². The smallest absolute Gasteiger partial charge is 0.234 e. The van der Waals surface area contributed by atoms with Crippen molar-refractivity contribution in [3.8, 4) is 0 Å². The number of anilines is 2. The van der Waals surface area contributed by atoms with Gasteiger partial charge in [-0.05, 0) is 49.6 Å². The molecule has 0 unspecified atom stereocenters. The number of para-hydroxylation sites is 1. The zero-order chi connectivity index (χ0) is 21.2. The molecule has 6 nitrogen and oxygen atoms in total. The SMILES string of the molecule is CCc1cccc(C)c1NC(=O)C[C@@H](C)S(=O)(=O)c1ccc2c(c1)NC(=O)CS2. The molecule has 0 radical (unpaired) electrons. The second kappa shape index (κ2) is 8.59. The van der Waals surface area contributed by atoms with E-state index >= 15 is 0 Å². The first-order chi connectivity index (χ1) is 13.7. The van der Waals surface area contributed by atoms with Crippen molar-refractivity contribution in [3.63, 3.8) is 0 Å². The van der Waals surface area contributed by atoms with Gasteiger partial charge in [0, 0.05) is 17.0 Å². The third-order valence-corrected chi connectivity index (χ3v) is 8.13. The lowest BCUT2D eigenvalue weighted by Crippen LogP contribution is -2.26. The molecule has 0 saturated heterocycles. The summed E-state index contributed by atoms with van der Waals surface area (Å²) in [4.78, 5) is 25.1. The molecular formula is C21H24N2O4S2. The topological polar surface area (TPSA) is 92.3 Å². The predicted molar refractivity (Wildman–Crippen MR) is 116 cm³/mol. The van der Waals surface area contributed by atoms with Crippen LogP contribution in [0, 0.1) is 6.92 Å². The van der Waals surface area contributed by atoms with Crippen LogP contribution in [0.4, 0.5) is 11.4 Å². The summed E-state index contributed by atoms with van der Waals surface area (Å²) >= 11 is 1.37. The number of fused-ring (bicyclic) bond motifs is 1. The molecule has 0 aromatic heterocycles. The summed E-state index contributed by atoms with van der Waals surface area (Å²) in [5.41, 5.74) is 3.20. The molecule has 0 spiro atoms. The van der Waals surface area contributed by atoms with Crippen LogP contribution in [0.25, 0.3) is 0 Å². The number of amides is 2. The molecule has 8 heteroatoms. The Morgan fingerprint density at radius 1 is 1.28 bits per heavy atom. The number of carbonyl (C=O) groups is 2. The molecule has 0 fully saturated rings. The molecule has 154 valence electrons. The number of thioether (sulfide) groups is 1. The van der Waals surface area contributed by atoms with Gasteiger partial charge in [0.1, 0.15) is 0 Å². The van der Waals surface area contributed by atoms with Gasteiger partial charge in [-0.25, -0.2) is 8.42 Å². The number of rotatable bonds is 6. The normalized spacial score (nSPS) is 14.7. The molecule has 0 aliphatic carbocycles. The Labute approximate surface area is 175 Å². The maximum absolute atomic E-state index is 13.0. The lowest BCUT2D eigenvalue weighted by Gasteiger charge is -2.19. The van der Waals surface area contributed by atoms with E-state index in [0.717, 1.165) is 28.1 Å². The largest absolute Gasteiger partial charge is 0.326 e. The maximum Gasteiger partial charge on any atom is 0.234 e. The Bertz CT molecular complexity index is 1060. The molecule has 1 aliphatic rings. The van der Waals surface area contributed by atoms with E-state index in [1.807, 2.05) is 32.0 Å². The molecular weight excluding hydrogens is 408 g/mol. The van der Waals surface area contributed by atoms with Crippen molar-refractivity contribution in [3.05, 3.63) is 47.5 Å². The summed E-state index contributed by atoms with van der Waals surface area (Å²) in [5.74, 6) is -0.185. The van der Waals surface area contributed by atoms with E-state index in [-0.39, 0.29) is 23.1 Å². The summed E-state index contributed by atoms with van der Waals surface area (Å²) in [6.07, 6.45) is 0.613. The van der Waals surface area contributed by atoms with Crippen LogP contribution in [0.1, 0.15) is 31.4 Å². The second-order valence-corrected chi connectivity index (χ2v) is 10.4. The molecule has 2 amide bonds. The number of aryl methyl sites for hydroxylation is 2. The van der Waals surface area contributed by atoms with Gasteiger partial charge in [0.15, 0.2) is 9.84 Å². The average molecular weight is 433 g/mol. The number of sulfone groups is 1. The molecule has 29 heavy (non-hydrogen) atoms. The average Bonchev–Trinajstić information content (AvgIpc) is 2.68. The van der Waals surface area contributed by atoms with Crippen molar-refractivity contribution in [2.24, 2.45) is 0 Å². The molecule has 2 aromatic rings. The third-order valence-electron chi connectivity index (χ3n) is 4.92. The molecule has 0 bridgehead atoms. The molecule has 1 aliphatic heterocycles. The van der Waals surface area contributed by atoms with E-state index in [9.17, 15) is 18.0 Å². The number of hydrogen-bond acceptors (Lipinski definition) is 5. The summed E-state index contributed by atoms with van der Waals surface area (Å²) < 4.78 is 26.0. The first kappa shape index (κ1) is 21.4. The molecule has 1 heterocycles. The standard InChI is InChI=1S/C21H24N2O4S2/c1-4-15-7-5-6-13(2)21(15)23-19(24)10-14(3)29(26,27)16-8-9-18-17(11-16)22-20(25)12-28-18/h5-9,11,14H,4,10,12H2,1-3H3,(H,22,25)(H,23,24)/t14-/m1/s1. The minimum Gasteiger partial charge on any atom is -0.326 e. The highest BCUT2D eigenvalue weighted by molar-refractivity contribution is 8.00. The first-order valence-electron chi connectivity index (χ1n) is 9.41. The van der Waals surface area contributed by atoms with Crippen molar-refractivity contribution >= 4 is 44.8 Å². The minimum absolute atomic E-state index is 0.101. The van der Waals surface area contributed by atoms with Gasteiger partial charge in [-0.2, -0.15) is 0 Å². The second-order valence-electron chi connectivity index (χ2n) is 7.07. The van der Waals surface area contributed by atoms with Gasteiger partial charge in [0.05, 0.1) is 21.6 Å². The summed E-state index contributed by atoms with van der Waals surface area (Å²) in [6.45, 7) is 5.44. The van der Waals surface area contributed by atoms with E-state index in [1.54, 1.807) is 6.07 Å². The Morgan fingerprint density at radius 3 is 2.76 bits per heavy atom. The van der Waals surface area contributed by atoms with Crippen LogP contribution < -0.4 is 10.6 Å². The molecule has 0 saturated carbocycles. The van der Waals surface area contributed by atoms with E-state index in [1.165, 1.54) is 30.8 Å². The zero-order valence-electron chi connectivity index (χ0n) is 16.6. The highest BCUT2D eigenvalue weighted by atomic mass is 32.2. The summed E-state index contributed by atoms with van der Waals surface area (Å²) in [5, 5.41) is 4.68. The third kappa shape index (κ3) is 4.64. The fraction of sp³-hybridized carbons (Fsp3) is 0.333. The highest BCUT2D eigenvalue weighted by Crippen LogP contribution is 2.34. The molecule has 3 rings (SSSR count). The van der Waals surface area contributed by atoms with Gasteiger partial charge in [0.2, 0.25) is 11.8 Å². The monoisotopic (exact) mass is 432 g/mol. The fourth-order valence-electron chi connectivity index (χ4n) is 3.23. The van der Waals surface area contributed by atoms with Gasteiger partial charge >= 0.3 is 0 Å². The van der Waals surface area contributed by atoms with Crippen LogP contribution in [0.5, 0.6) is 0 Å². The quantitative estimate of drug-likeness (QED) is 0.724. The Kier molecular flexibility index (Phi) is 6.33. The number of benzene rings is 2. The van der Waals surface area contributed by atoms with E-state index in [0.29, 0.717) is 11.4 Å². The number of carbonyl (C=O) groups excluding carboxylic acids is 2. The van der Waals surface area contributed by atoms with Gasteiger partial charge in [-0.1, -0.05) is 25.1 Å². The van der Waals surface area contributed by atoms with Crippen molar-refractivity contribution in [2.75, 3.05) is 16.4 Å². The fourth-order valence-corrected chi connectivity index (χ4v) is 5.40. The van der Waals surface area contributed by atoms with Crippen LogP contribution in [0.2, 0.25) is 0 Å². The van der Waals surface area contributed by atoms with Crippen molar-refractivity contribution in [2.45, 2.75) is 48.7 Å². The minimum atomic E-state index is -3.72. The van der Waals surface area contributed by atoms with Gasteiger partial charge in [-0.15, -0.1) is 11.8 Å². The lowest BCUT2D eigenvalue weighted by atomic mass is 10.1. The van der Waals surface area contributed by atoms with E-state index in [2.05, 4.69) is 10.6 Å². The van der Waals surface area contributed by atoms with Crippen molar-refractivity contribution in [1.29, 1.82) is 0 Å². The summed E-state index contributed by atoms with van der Waals surface area (Å²) in [6, 6.07) is 10.5. The summed E-state index contributed by atoms with van der Waals surface area (Å²) in [7, 11) is -3.72. The van der Waals surface area contributed by atoms with Gasteiger partial charge in [0.25, 0.3) is 0 Å². The predicted octanol–water partition coefficient (Wildman–Crippen LogP) is 3.79. The zero-order valence-corrected chi connectivity index (χ0v) is 18.2. The first-order valence-corrected chi connectivity index (χ1v) is 11.9. The molecule has 1 atom stereocenters. The van der Waals surface area contributed by atoms with Crippen molar-refractivity contribution in [1.82, 2.24) is 0 Å². The van der Waals surface area contributed by atoms with Crippen LogP contribution >= 0.6 is 11.8 Å². The van der Waals surface area contributed by atoms with Gasteiger partial charge < -0.3 is 10.6 Å². The molecule has 2 aromatic carbocycles. The Hall–Kier alpha value is -2.32. The van der Waals surface area contributed by atoms with E-state index in [4.69, 9.17) is 0 Å². The number of nitrogens with one attached hydrogen (secondary N) is 2. The lowest BCUT2D eigenvalue weighted by molar-refractivity contribution is -0.116. The van der Waals surface area contributed by atoms with E-state index < -0.39 is 15.1 Å². The van der Waals surface area contributed by atoms with Crippen LogP contribution in [0.15, 0.2) is 46.2 Å². The highest BCUT2D eigenvalue weighted by Gasteiger charge is 2.28. The molecule has 2 N–H and O–H groups in total. The van der Waals surface area contributed by atoms with Crippen LogP contribution in [0.3, 0.4) is 0 Å². The maximum atomic E-state index is 13.0. The number of hydrogen-bond donors (Lipinski definition) is 2. The van der Waals surface area contributed by atoms with Crippen LogP contribution in [-0.2, 0) is 25.8 Å². The van der Waals surface area contributed by atoms with Crippen molar-refractivity contribution < 1.29 is 18.0 Å². The van der Waals surface area contributed by atoms with Gasteiger partial charge in [-0.3, -0.25) is 9.59 Å².